The van der Waals surface area contributed by atoms with Crippen LogP contribution in [0, 0.1) is 0 Å². The molecule has 0 saturated heterocycles. The Kier molecular flexibility index (Phi) is 7.78. The third kappa shape index (κ3) is 6.18. The summed E-state index contributed by atoms with van der Waals surface area (Å²) in [7, 11) is 0. The maximum atomic E-state index is 12.5. The number of ether oxygens (including phenoxy) is 2. The molecule has 0 N–H and O–H groups in total. The maximum absolute atomic E-state index is 12.5. The summed E-state index contributed by atoms with van der Waals surface area (Å²) in [5, 5.41) is 0. The van der Waals surface area contributed by atoms with Crippen LogP contribution in [0.15, 0.2) is 109 Å². The number of esters is 2. The number of ketones is 2. The van der Waals surface area contributed by atoms with Gasteiger partial charge in [-0.1, -0.05) is 84.9 Å². The van der Waals surface area contributed by atoms with E-state index < -0.39 is 11.9 Å². The van der Waals surface area contributed by atoms with Gasteiger partial charge in [0, 0.05) is 11.1 Å². The highest BCUT2D eigenvalue weighted by atomic mass is 16.5. The maximum Gasteiger partial charge on any atom is 0.338 e. The van der Waals surface area contributed by atoms with E-state index in [1.54, 1.807) is 103 Å². The second kappa shape index (κ2) is 11.5. The van der Waals surface area contributed by atoms with Crippen molar-refractivity contribution in [3.8, 4) is 11.1 Å². The molecule has 0 heterocycles. The minimum atomic E-state index is -0.607. The van der Waals surface area contributed by atoms with Crippen molar-refractivity contribution in [2.45, 2.75) is 0 Å². The molecule has 0 spiro atoms. The lowest BCUT2D eigenvalue weighted by atomic mass is 10.0. The summed E-state index contributed by atoms with van der Waals surface area (Å²) in [6.45, 7) is -0.696. The first-order chi connectivity index (χ1) is 17.5. The van der Waals surface area contributed by atoms with Crippen LogP contribution in [-0.2, 0) is 9.47 Å². The molecule has 0 radical (unpaired) electrons. The third-order valence-electron chi connectivity index (χ3n) is 5.41. The Labute approximate surface area is 208 Å². The number of carbonyl (C=O) groups excluding carboxylic acids is 4. The van der Waals surface area contributed by atoms with Gasteiger partial charge in [-0.2, -0.15) is 0 Å². The molecule has 178 valence electrons. The molecule has 0 bridgehead atoms. The molecule has 0 aliphatic carbocycles. The SMILES string of the molecule is O=C(COC(=O)c1ccc(-c2cccc(C(=O)OCC(=O)c3ccccc3)c2)cc1)c1ccccc1. The second-order valence-corrected chi connectivity index (χ2v) is 7.89. The van der Waals surface area contributed by atoms with Gasteiger partial charge in [0.2, 0.25) is 0 Å². The van der Waals surface area contributed by atoms with Crippen LogP contribution in [0.25, 0.3) is 11.1 Å². The zero-order chi connectivity index (χ0) is 25.3. The van der Waals surface area contributed by atoms with E-state index in [-0.39, 0.29) is 24.8 Å². The van der Waals surface area contributed by atoms with Crippen LogP contribution in [0.3, 0.4) is 0 Å². The van der Waals surface area contributed by atoms with Crippen LogP contribution in [-0.4, -0.2) is 36.7 Å². The molecular formula is C30H22O6. The molecular weight excluding hydrogens is 456 g/mol. The average Bonchev–Trinajstić information content (AvgIpc) is 2.95. The van der Waals surface area contributed by atoms with Gasteiger partial charge >= 0.3 is 11.9 Å². The third-order valence-corrected chi connectivity index (χ3v) is 5.41. The van der Waals surface area contributed by atoms with Gasteiger partial charge in [-0.15, -0.1) is 0 Å². The van der Waals surface area contributed by atoms with E-state index in [1.807, 2.05) is 6.07 Å². The molecule has 0 unspecified atom stereocenters. The van der Waals surface area contributed by atoms with Gasteiger partial charge in [0.1, 0.15) is 0 Å². The Morgan fingerprint density at radius 2 is 0.917 bits per heavy atom. The Morgan fingerprint density at radius 3 is 1.44 bits per heavy atom. The zero-order valence-electron chi connectivity index (χ0n) is 19.3. The molecule has 0 fully saturated rings. The van der Waals surface area contributed by atoms with Crippen molar-refractivity contribution in [1.82, 2.24) is 0 Å². The summed E-state index contributed by atoms with van der Waals surface area (Å²) in [6, 6.07) is 30.6. The quantitative estimate of drug-likeness (QED) is 0.235. The van der Waals surface area contributed by atoms with Crippen LogP contribution in [0.5, 0.6) is 0 Å². The number of hydrogen-bond donors (Lipinski definition) is 0. The summed E-state index contributed by atoms with van der Waals surface area (Å²) < 4.78 is 10.3. The second-order valence-electron chi connectivity index (χ2n) is 7.89. The van der Waals surface area contributed by atoms with Crippen molar-refractivity contribution in [3.05, 3.63) is 131 Å². The van der Waals surface area contributed by atoms with Gasteiger partial charge in [-0.25, -0.2) is 9.59 Å². The van der Waals surface area contributed by atoms with Crippen LogP contribution in [0.4, 0.5) is 0 Å². The molecule has 4 aromatic rings. The topological polar surface area (TPSA) is 86.7 Å². The molecule has 0 aromatic heterocycles. The highest BCUT2D eigenvalue weighted by Crippen LogP contribution is 2.22. The fourth-order valence-corrected chi connectivity index (χ4v) is 3.47. The fraction of sp³-hybridized carbons (Fsp3) is 0.0667. The number of benzene rings is 4. The lowest BCUT2D eigenvalue weighted by Crippen LogP contribution is -2.14. The van der Waals surface area contributed by atoms with Crippen molar-refractivity contribution >= 4 is 23.5 Å². The molecule has 4 rings (SSSR count). The predicted molar refractivity (Wildman–Crippen MR) is 134 cm³/mol. The number of carbonyl (C=O) groups is 4. The molecule has 6 heteroatoms. The summed E-state index contributed by atoms with van der Waals surface area (Å²) in [4.78, 5) is 49.1. The highest BCUT2D eigenvalue weighted by Gasteiger charge is 2.14. The molecule has 0 amide bonds. The monoisotopic (exact) mass is 478 g/mol. The van der Waals surface area contributed by atoms with E-state index in [0.29, 0.717) is 22.3 Å². The van der Waals surface area contributed by atoms with E-state index in [1.165, 1.54) is 0 Å². The van der Waals surface area contributed by atoms with Crippen molar-refractivity contribution in [3.63, 3.8) is 0 Å². The lowest BCUT2D eigenvalue weighted by Gasteiger charge is -2.08. The van der Waals surface area contributed by atoms with E-state index in [2.05, 4.69) is 0 Å². The van der Waals surface area contributed by atoms with E-state index in [4.69, 9.17) is 9.47 Å². The van der Waals surface area contributed by atoms with E-state index >= 15 is 0 Å². The Hall–Kier alpha value is -4.84. The van der Waals surface area contributed by atoms with Gasteiger partial charge in [-0.3, -0.25) is 9.59 Å². The molecule has 4 aromatic carbocycles. The molecule has 0 aliphatic rings. The number of Topliss-reactive ketones (excluding diaryl/α,β-unsaturated/α-hetero) is 2. The average molecular weight is 479 g/mol. The summed E-state index contributed by atoms with van der Waals surface area (Å²) in [5.41, 5.74) is 3.05. The Balaban J connectivity index is 1.35. The molecule has 0 saturated carbocycles. The van der Waals surface area contributed by atoms with Crippen molar-refractivity contribution in [2.75, 3.05) is 13.2 Å². The largest absolute Gasteiger partial charge is 0.454 e. The van der Waals surface area contributed by atoms with Crippen LogP contribution >= 0.6 is 0 Å². The number of rotatable bonds is 9. The molecule has 6 nitrogen and oxygen atoms in total. The first-order valence-electron chi connectivity index (χ1n) is 11.2. The first kappa shape index (κ1) is 24.3. The predicted octanol–water partition coefficient (Wildman–Crippen LogP) is 5.43. The molecule has 0 atom stereocenters. The number of hydrogen-bond acceptors (Lipinski definition) is 6. The van der Waals surface area contributed by atoms with Gasteiger partial charge in [0.05, 0.1) is 11.1 Å². The van der Waals surface area contributed by atoms with Crippen molar-refractivity contribution < 1.29 is 28.7 Å². The lowest BCUT2D eigenvalue weighted by molar-refractivity contribution is 0.0472. The smallest absolute Gasteiger partial charge is 0.338 e. The summed E-state index contributed by atoms with van der Waals surface area (Å²) in [5.74, 6) is -1.78. The van der Waals surface area contributed by atoms with Crippen molar-refractivity contribution in [2.24, 2.45) is 0 Å². The first-order valence-corrected chi connectivity index (χ1v) is 11.2. The highest BCUT2D eigenvalue weighted by molar-refractivity contribution is 6.00. The van der Waals surface area contributed by atoms with Crippen molar-refractivity contribution in [1.29, 1.82) is 0 Å². The summed E-state index contributed by atoms with van der Waals surface area (Å²) >= 11 is 0. The van der Waals surface area contributed by atoms with Gasteiger partial charge in [0.25, 0.3) is 0 Å². The van der Waals surface area contributed by atoms with Gasteiger partial charge < -0.3 is 9.47 Å². The van der Waals surface area contributed by atoms with Crippen LogP contribution in [0.1, 0.15) is 41.4 Å². The van der Waals surface area contributed by atoms with Gasteiger partial charge in [-0.05, 0) is 35.4 Å². The fourth-order valence-electron chi connectivity index (χ4n) is 3.47. The summed E-state index contributed by atoms with van der Waals surface area (Å²) in [6.07, 6.45) is 0. The van der Waals surface area contributed by atoms with E-state index in [0.717, 1.165) is 11.1 Å². The van der Waals surface area contributed by atoms with E-state index in [9.17, 15) is 19.2 Å². The normalized spacial score (nSPS) is 10.3. The standard InChI is InChI=1S/C30H22O6/c31-27(22-8-3-1-4-9-22)19-35-29(33)24-16-14-21(15-17-24)25-12-7-13-26(18-25)30(34)36-20-28(32)23-10-5-2-6-11-23/h1-18H,19-20H2. The zero-order valence-corrected chi connectivity index (χ0v) is 19.3. The van der Waals surface area contributed by atoms with Crippen LogP contribution in [0.2, 0.25) is 0 Å². The van der Waals surface area contributed by atoms with Gasteiger partial charge in [0.15, 0.2) is 24.8 Å². The Bertz CT molecular complexity index is 1380. The molecule has 0 aliphatic heterocycles. The Morgan fingerprint density at radius 1 is 0.444 bits per heavy atom. The minimum absolute atomic E-state index is 0.283. The molecule has 36 heavy (non-hydrogen) atoms. The minimum Gasteiger partial charge on any atom is -0.454 e. The van der Waals surface area contributed by atoms with Crippen LogP contribution < -0.4 is 0 Å².